The Bertz CT molecular complexity index is 466. The molecule has 0 bridgehead atoms. The SMILES string of the molecule is CCC(C)(C)C(=O)NCc1sccc1C#CCO. The van der Waals surface area contributed by atoms with Gasteiger partial charge in [0.15, 0.2) is 0 Å². The highest BCUT2D eigenvalue weighted by molar-refractivity contribution is 7.10. The number of hydrogen-bond acceptors (Lipinski definition) is 3. The molecule has 1 heterocycles. The van der Waals surface area contributed by atoms with Crippen molar-refractivity contribution in [3.8, 4) is 11.8 Å². The standard InChI is InChI=1S/C14H19NO2S/c1-4-14(2,3)13(17)15-10-12-11(6-5-8-16)7-9-18-12/h7,9,16H,4,8,10H2,1-3H3,(H,15,17). The summed E-state index contributed by atoms with van der Waals surface area (Å²) in [4.78, 5) is 13.0. The molecule has 1 aromatic rings. The number of carbonyl (C=O) groups is 1. The summed E-state index contributed by atoms with van der Waals surface area (Å²) in [5.74, 6) is 5.55. The van der Waals surface area contributed by atoms with Crippen LogP contribution >= 0.6 is 11.3 Å². The second kappa shape index (κ2) is 6.58. The minimum absolute atomic E-state index is 0.0551. The van der Waals surface area contributed by atoms with E-state index in [2.05, 4.69) is 17.2 Å². The average Bonchev–Trinajstić information content (AvgIpc) is 2.80. The Labute approximate surface area is 112 Å². The Morgan fingerprint density at radius 3 is 2.89 bits per heavy atom. The number of nitrogens with one attached hydrogen (secondary N) is 1. The molecule has 0 aliphatic heterocycles. The maximum Gasteiger partial charge on any atom is 0.225 e. The molecular formula is C14H19NO2S. The zero-order valence-electron chi connectivity index (χ0n) is 11.0. The summed E-state index contributed by atoms with van der Waals surface area (Å²) in [5.41, 5.74) is 0.539. The van der Waals surface area contributed by atoms with Crippen molar-refractivity contribution in [2.75, 3.05) is 6.61 Å². The Balaban J connectivity index is 2.65. The van der Waals surface area contributed by atoms with Gasteiger partial charge >= 0.3 is 0 Å². The minimum atomic E-state index is -0.339. The molecule has 0 unspecified atom stereocenters. The number of amides is 1. The van der Waals surface area contributed by atoms with Crippen molar-refractivity contribution < 1.29 is 9.90 Å². The molecule has 0 radical (unpaired) electrons. The maximum atomic E-state index is 11.9. The van der Waals surface area contributed by atoms with Crippen LogP contribution in [0.1, 0.15) is 37.6 Å². The topological polar surface area (TPSA) is 49.3 Å². The van der Waals surface area contributed by atoms with E-state index in [1.165, 1.54) is 0 Å². The highest BCUT2D eigenvalue weighted by Crippen LogP contribution is 2.21. The van der Waals surface area contributed by atoms with Crippen LogP contribution in [0.2, 0.25) is 0 Å². The van der Waals surface area contributed by atoms with Gasteiger partial charge in [0.2, 0.25) is 5.91 Å². The molecule has 0 atom stereocenters. The van der Waals surface area contributed by atoms with E-state index in [0.717, 1.165) is 16.9 Å². The van der Waals surface area contributed by atoms with Crippen LogP contribution in [0, 0.1) is 17.3 Å². The van der Waals surface area contributed by atoms with E-state index >= 15 is 0 Å². The predicted octanol–water partition coefficient (Wildman–Crippen LogP) is 2.14. The summed E-state index contributed by atoms with van der Waals surface area (Å²) in [6.07, 6.45) is 0.806. The van der Waals surface area contributed by atoms with Gasteiger partial charge in [-0.1, -0.05) is 32.6 Å². The predicted molar refractivity (Wildman–Crippen MR) is 74.2 cm³/mol. The van der Waals surface area contributed by atoms with Crippen molar-refractivity contribution in [2.24, 2.45) is 5.41 Å². The number of aliphatic hydroxyl groups excluding tert-OH is 1. The number of thiophene rings is 1. The van der Waals surface area contributed by atoms with Gasteiger partial charge in [0.25, 0.3) is 0 Å². The van der Waals surface area contributed by atoms with Crippen LogP contribution in [0.3, 0.4) is 0 Å². The Kier molecular flexibility index (Phi) is 5.39. The first kappa shape index (κ1) is 14.7. The van der Waals surface area contributed by atoms with E-state index in [9.17, 15) is 4.79 Å². The minimum Gasteiger partial charge on any atom is -0.384 e. The van der Waals surface area contributed by atoms with Crippen LogP contribution in [0.25, 0.3) is 0 Å². The van der Waals surface area contributed by atoms with Crippen molar-refractivity contribution in [1.29, 1.82) is 0 Å². The summed E-state index contributed by atoms with van der Waals surface area (Å²) in [5, 5.41) is 13.5. The average molecular weight is 265 g/mol. The summed E-state index contributed by atoms with van der Waals surface area (Å²) in [6, 6.07) is 1.90. The van der Waals surface area contributed by atoms with E-state index in [1.54, 1.807) is 11.3 Å². The molecule has 2 N–H and O–H groups in total. The molecule has 1 aromatic heterocycles. The van der Waals surface area contributed by atoms with Crippen molar-refractivity contribution in [2.45, 2.75) is 33.7 Å². The molecule has 0 spiro atoms. The molecule has 0 saturated carbocycles. The molecular weight excluding hydrogens is 246 g/mol. The van der Waals surface area contributed by atoms with Crippen molar-refractivity contribution >= 4 is 17.2 Å². The van der Waals surface area contributed by atoms with E-state index in [1.807, 2.05) is 32.2 Å². The third-order valence-electron chi connectivity index (χ3n) is 2.96. The lowest BCUT2D eigenvalue weighted by Gasteiger charge is -2.21. The number of rotatable bonds is 4. The zero-order chi connectivity index (χ0) is 13.6. The summed E-state index contributed by atoms with van der Waals surface area (Å²) in [7, 11) is 0. The number of hydrogen-bond donors (Lipinski definition) is 2. The fourth-order valence-corrected chi connectivity index (χ4v) is 2.05. The largest absolute Gasteiger partial charge is 0.384 e. The first-order valence-corrected chi connectivity index (χ1v) is 6.83. The zero-order valence-corrected chi connectivity index (χ0v) is 11.9. The second-order valence-electron chi connectivity index (χ2n) is 4.64. The normalized spacial score (nSPS) is 10.7. The van der Waals surface area contributed by atoms with Gasteiger partial charge < -0.3 is 10.4 Å². The molecule has 0 aromatic carbocycles. The van der Waals surface area contributed by atoms with E-state index < -0.39 is 0 Å². The molecule has 0 fully saturated rings. The molecule has 98 valence electrons. The van der Waals surface area contributed by atoms with Crippen molar-refractivity contribution in [3.63, 3.8) is 0 Å². The maximum absolute atomic E-state index is 11.9. The third-order valence-corrected chi connectivity index (χ3v) is 3.88. The van der Waals surface area contributed by atoms with Crippen LogP contribution in [-0.2, 0) is 11.3 Å². The number of carbonyl (C=O) groups excluding carboxylic acids is 1. The van der Waals surface area contributed by atoms with Gasteiger partial charge in [0, 0.05) is 15.9 Å². The fraction of sp³-hybridized carbons (Fsp3) is 0.500. The van der Waals surface area contributed by atoms with Crippen LogP contribution in [0.15, 0.2) is 11.4 Å². The highest BCUT2D eigenvalue weighted by atomic mass is 32.1. The van der Waals surface area contributed by atoms with Crippen LogP contribution in [0.4, 0.5) is 0 Å². The lowest BCUT2D eigenvalue weighted by Crippen LogP contribution is -2.35. The molecule has 0 aliphatic carbocycles. The van der Waals surface area contributed by atoms with Crippen LogP contribution < -0.4 is 5.32 Å². The Morgan fingerprint density at radius 1 is 1.56 bits per heavy atom. The first-order chi connectivity index (χ1) is 8.51. The van der Waals surface area contributed by atoms with Gasteiger partial charge in [-0.25, -0.2) is 0 Å². The summed E-state index contributed by atoms with van der Waals surface area (Å²) < 4.78 is 0. The highest BCUT2D eigenvalue weighted by Gasteiger charge is 2.24. The van der Waals surface area contributed by atoms with Crippen LogP contribution in [0.5, 0.6) is 0 Å². The summed E-state index contributed by atoms with van der Waals surface area (Å²) >= 11 is 1.56. The van der Waals surface area contributed by atoms with E-state index in [4.69, 9.17) is 5.11 Å². The van der Waals surface area contributed by atoms with Crippen LogP contribution in [-0.4, -0.2) is 17.6 Å². The smallest absolute Gasteiger partial charge is 0.225 e. The van der Waals surface area contributed by atoms with Crippen molar-refractivity contribution in [1.82, 2.24) is 5.32 Å². The van der Waals surface area contributed by atoms with Gasteiger partial charge in [0.1, 0.15) is 6.61 Å². The van der Waals surface area contributed by atoms with Gasteiger partial charge in [-0.15, -0.1) is 11.3 Å². The molecule has 4 heteroatoms. The molecule has 1 amide bonds. The second-order valence-corrected chi connectivity index (χ2v) is 5.64. The monoisotopic (exact) mass is 265 g/mol. The molecule has 18 heavy (non-hydrogen) atoms. The molecule has 3 nitrogen and oxygen atoms in total. The lowest BCUT2D eigenvalue weighted by molar-refractivity contribution is -0.129. The lowest BCUT2D eigenvalue weighted by atomic mass is 9.89. The van der Waals surface area contributed by atoms with Gasteiger partial charge in [0.05, 0.1) is 6.54 Å². The third kappa shape index (κ3) is 3.86. The summed E-state index contributed by atoms with van der Waals surface area (Å²) in [6.45, 7) is 6.22. The van der Waals surface area contributed by atoms with E-state index in [0.29, 0.717) is 6.54 Å². The molecule has 0 saturated heterocycles. The van der Waals surface area contributed by atoms with Gasteiger partial charge in [-0.3, -0.25) is 4.79 Å². The quantitative estimate of drug-likeness (QED) is 0.820. The van der Waals surface area contributed by atoms with E-state index in [-0.39, 0.29) is 17.9 Å². The molecule has 1 rings (SSSR count). The first-order valence-electron chi connectivity index (χ1n) is 5.95. The molecule has 0 aliphatic rings. The van der Waals surface area contributed by atoms with Crippen molar-refractivity contribution in [3.05, 3.63) is 21.9 Å². The van der Waals surface area contributed by atoms with Gasteiger partial charge in [-0.05, 0) is 17.9 Å². The number of aliphatic hydroxyl groups is 1. The fourth-order valence-electron chi connectivity index (χ4n) is 1.28. The Hall–Kier alpha value is -1.31. The Morgan fingerprint density at radius 2 is 2.28 bits per heavy atom. The van der Waals surface area contributed by atoms with Gasteiger partial charge in [-0.2, -0.15) is 0 Å².